The van der Waals surface area contributed by atoms with E-state index in [1.54, 1.807) is 25.1 Å². The fourth-order valence-corrected chi connectivity index (χ4v) is 1.12. The van der Waals surface area contributed by atoms with Gasteiger partial charge in [0.15, 0.2) is 0 Å². The van der Waals surface area contributed by atoms with Crippen molar-refractivity contribution in [3.63, 3.8) is 0 Å². The molecule has 13 heavy (non-hydrogen) atoms. The molecule has 0 aliphatic rings. The third-order valence-electron chi connectivity index (χ3n) is 1.79. The van der Waals surface area contributed by atoms with Crippen LogP contribution >= 0.6 is 12.6 Å². The molecule has 0 bridgehead atoms. The molecular weight excluding hydrogens is 185 g/mol. The average molecular weight is 197 g/mol. The van der Waals surface area contributed by atoms with Gasteiger partial charge in [0.25, 0.3) is 0 Å². The number of aryl methyl sites for hydroxylation is 1. The summed E-state index contributed by atoms with van der Waals surface area (Å²) >= 11 is 3.99. The highest BCUT2D eigenvalue weighted by molar-refractivity contribution is 7.80. The van der Waals surface area contributed by atoms with Crippen molar-refractivity contribution in [3.8, 4) is 0 Å². The van der Waals surface area contributed by atoms with Gasteiger partial charge in [-0.1, -0.05) is 12.2 Å². The maximum Gasteiger partial charge on any atom is 0.130 e. The SMILES string of the molecule is Cc1cc(F)c(C=CCS)cc1N. The first-order chi connectivity index (χ1) is 6.15. The molecule has 70 valence electrons. The predicted molar refractivity (Wildman–Crippen MR) is 58.4 cm³/mol. The molecule has 0 amide bonds. The van der Waals surface area contributed by atoms with E-state index in [9.17, 15) is 4.39 Å². The molecule has 0 aromatic heterocycles. The first-order valence-corrected chi connectivity index (χ1v) is 4.61. The Balaban J connectivity index is 3.08. The minimum Gasteiger partial charge on any atom is -0.398 e. The smallest absolute Gasteiger partial charge is 0.130 e. The molecule has 0 aliphatic heterocycles. The topological polar surface area (TPSA) is 26.0 Å². The number of hydrogen-bond acceptors (Lipinski definition) is 2. The molecule has 0 saturated heterocycles. The van der Waals surface area contributed by atoms with Crippen LogP contribution in [0, 0.1) is 12.7 Å². The monoisotopic (exact) mass is 197 g/mol. The van der Waals surface area contributed by atoms with Crippen molar-refractivity contribution in [2.75, 3.05) is 11.5 Å². The van der Waals surface area contributed by atoms with Crippen LogP contribution in [0.1, 0.15) is 11.1 Å². The molecule has 3 heteroatoms. The second kappa shape index (κ2) is 4.33. The van der Waals surface area contributed by atoms with Gasteiger partial charge in [-0.05, 0) is 24.6 Å². The van der Waals surface area contributed by atoms with Gasteiger partial charge in [-0.15, -0.1) is 0 Å². The molecular formula is C10H12FNS. The van der Waals surface area contributed by atoms with Crippen LogP contribution in [-0.4, -0.2) is 5.75 Å². The van der Waals surface area contributed by atoms with Gasteiger partial charge in [0.1, 0.15) is 5.82 Å². The molecule has 0 aliphatic carbocycles. The molecule has 1 nitrogen and oxygen atoms in total. The number of halogens is 1. The number of nitrogens with two attached hydrogens (primary N) is 1. The van der Waals surface area contributed by atoms with Crippen LogP contribution in [0.5, 0.6) is 0 Å². The van der Waals surface area contributed by atoms with E-state index in [2.05, 4.69) is 12.6 Å². The van der Waals surface area contributed by atoms with Gasteiger partial charge < -0.3 is 5.73 Å². The molecule has 1 rings (SSSR count). The van der Waals surface area contributed by atoms with E-state index in [1.165, 1.54) is 6.07 Å². The van der Waals surface area contributed by atoms with E-state index < -0.39 is 0 Å². The molecule has 1 aromatic carbocycles. The fourth-order valence-electron chi connectivity index (χ4n) is 1.01. The highest BCUT2D eigenvalue weighted by atomic mass is 32.1. The number of nitrogen functional groups attached to an aromatic ring is 1. The Kier molecular flexibility index (Phi) is 3.37. The second-order valence-corrected chi connectivity index (χ2v) is 3.18. The molecule has 0 heterocycles. The Morgan fingerprint density at radius 3 is 2.85 bits per heavy atom. The number of anilines is 1. The summed E-state index contributed by atoms with van der Waals surface area (Å²) in [7, 11) is 0. The van der Waals surface area contributed by atoms with Gasteiger partial charge in [-0.3, -0.25) is 0 Å². The van der Waals surface area contributed by atoms with E-state index in [4.69, 9.17) is 5.73 Å². The number of benzene rings is 1. The van der Waals surface area contributed by atoms with Crippen molar-refractivity contribution >= 4 is 24.4 Å². The molecule has 0 spiro atoms. The lowest BCUT2D eigenvalue weighted by Gasteiger charge is -2.02. The van der Waals surface area contributed by atoms with Gasteiger partial charge in [0, 0.05) is 17.0 Å². The van der Waals surface area contributed by atoms with Crippen LogP contribution in [0.25, 0.3) is 6.08 Å². The van der Waals surface area contributed by atoms with Crippen molar-refractivity contribution in [1.29, 1.82) is 0 Å². The number of thiol groups is 1. The normalized spacial score (nSPS) is 11.0. The highest BCUT2D eigenvalue weighted by Crippen LogP contribution is 2.18. The lowest BCUT2D eigenvalue weighted by molar-refractivity contribution is 0.624. The first kappa shape index (κ1) is 10.1. The van der Waals surface area contributed by atoms with Gasteiger partial charge in [0.05, 0.1) is 0 Å². The van der Waals surface area contributed by atoms with Crippen molar-refractivity contribution in [2.24, 2.45) is 0 Å². The minimum atomic E-state index is -0.246. The van der Waals surface area contributed by atoms with Crippen molar-refractivity contribution < 1.29 is 4.39 Å². The number of rotatable bonds is 2. The largest absolute Gasteiger partial charge is 0.398 e. The van der Waals surface area contributed by atoms with Crippen molar-refractivity contribution in [2.45, 2.75) is 6.92 Å². The van der Waals surface area contributed by atoms with E-state index in [0.29, 0.717) is 17.0 Å². The Hall–Kier alpha value is -0.960. The third kappa shape index (κ3) is 2.49. The summed E-state index contributed by atoms with van der Waals surface area (Å²) in [6, 6.07) is 3.07. The van der Waals surface area contributed by atoms with E-state index in [0.717, 1.165) is 5.56 Å². The summed E-state index contributed by atoms with van der Waals surface area (Å²) in [6.45, 7) is 1.78. The molecule has 2 N–H and O–H groups in total. The number of hydrogen-bond donors (Lipinski definition) is 2. The Labute approximate surface area is 82.9 Å². The summed E-state index contributed by atoms with van der Waals surface area (Å²) in [6.07, 6.45) is 3.45. The van der Waals surface area contributed by atoms with E-state index in [1.807, 2.05) is 0 Å². The highest BCUT2D eigenvalue weighted by Gasteiger charge is 2.01. The summed E-state index contributed by atoms with van der Waals surface area (Å²) in [5.74, 6) is 0.345. The van der Waals surface area contributed by atoms with Crippen molar-refractivity contribution in [1.82, 2.24) is 0 Å². The fraction of sp³-hybridized carbons (Fsp3) is 0.200. The Bertz CT molecular complexity index is 334. The van der Waals surface area contributed by atoms with Crippen LogP contribution < -0.4 is 5.73 Å². The standard InChI is InChI=1S/C10H12FNS/c1-7-5-9(11)8(3-2-4-13)6-10(7)12/h2-3,5-6,13H,4,12H2,1H3. The van der Waals surface area contributed by atoms with Gasteiger partial charge in [-0.25, -0.2) is 4.39 Å². The molecule has 0 fully saturated rings. The van der Waals surface area contributed by atoms with Crippen LogP contribution in [0.3, 0.4) is 0 Å². The van der Waals surface area contributed by atoms with Gasteiger partial charge in [-0.2, -0.15) is 12.6 Å². The Morgan fingerprint density at radius 1 is 1.54 bits per heavy atom. The summed E-state index contributed by atoms with van der Waals surface area (Å²) < 4.78 is 13.2. The maximum absolute atomic E-state index is 13.2. The zero-order valence-electron chi connectivity index (χ0n) is 7.42. The minimum absolute atomic E-state index is 0.246. The molecule has 0 saturated carbocycles. The van der Waals surface area contributed by atoms with E-state index >= 15 is 0 Å². The van der Waals surface area contributed by atoms with Crippen LogP contribution in [0.2, 0.25) is 0 Å². The summed E-state index contributed by atoms with van der Waals surface area (Å²) in [4.78, 5) is 0. The maximum atomic E-state index is 13.2. The summed E-state index contributed by atoms with van der Waals surface area (Å²) in [5.41, 5.74) is 7.53. The van der Waals surface area contributed by atoms with Gasteiger partial charge in [0.2, 0.25) is 0 Å². The molecule has 1 aromatic rings. The zero-order valence-corrected chi connectivity index (χ0v) is 8.31. The van der Waals surface area contributed by atoms with E-state index in [-0.39, 0.29) is 5.82 Å². The third-order valence-corrected chi connectivity index (χ3v) is 2.00. The van der Waals surface area contributed by atoms with Crippen LogP contribution in [0.15, 0.2) is 18.2 Å². The lowest BCUT2D eigenvalue weighted by atomic mass is 10.1. The molecule has 0 radical (unpaired) electrons. The average Bonchev–Trinajstić information content (AvgIpc) is 2.09. The summed E-state index contributed by atoms with van der Waals surface area (Å²) in [5, 5.41) is 0. The second-order valence-electron chi connectivity index (χ2n) is 2.82. The van der Waals surface area contributed by atoms with Gasteiger partial charge >= 0.3 is 0 Å². The van der Waals surface area contributed by atoms with Crippen LogP contribution in [-0.2, 0) is 0 Å². The van der Waals surface area contributed by atoms with Crippen LogP contribution in [0.4, 0.5) is 10.1 Å². The predicted octanol–water partition coefficient (Wildman–Crippen LogP) is 2.66. The molecule has 0 atom stereocenters. The first-order valence-electron chi connectivity index (χ1n) is 3.98. The quantitative estimate of drug-likeness (QED) is 0.553. The lowest BCUT2D eigenvalue weighted by Crippen LogP contribution is -1.93. The Morgan fingerprint density at radius 2 is 2.23 bits per heavy atom. The zero-order chi connectivity index (χ0) is 9.84. The van der Waals surface area contributed by atoms with Crippen molar-refractivity contribution in [3.05, 3.63) is 35.2 Å². The molecule has 0 unspecified atom stereocenters.